The number of ether oxygens (including phenoxy) is 1. The van der Waals surface area contributed by atoms with Crippen molar-refractivity contribution in [3.8, 4) is 0 Å². The van der Waals surface area contributed by atoms with E-state index in [2.05, 4.69) is 28.9 Å². The van der Waals surface area contributed by atoms with Gasteiger partial charge in [0.05, 0.1) is 6.10 Å². The Balaban J connectivity index is 2.17. The first kappa shape index (κ1) is 10.8. The van der Waals surface area contributed by atoms with Crippen molar-refractivity contribution in [2.24, 2.45) is 5.92 Å². The van der Waals surface area contributed by atoms with Gasteiger partial charge in [0.2, 0.25) is 0 Å². The lowest BCUT2D eigenvalue weighted by Gasteiger charge is -2.15. The maximum Gasteiger partial charge on any atom is 0.0852 e. The van der Waals surface area contributed by atoms with E-state index in [0.29, 0.717) is 12.0 Å². The van der Waals surface area contributed by atoms with Crippen LogP contribution in [0.5, 0.6) is 0 Å². The summed E-state index contributed by atoms with van der Waals surface area (Å²) in [4.78, 5) is 0. The first-order valence-electron chi connectivity index (χ1n) is 6.08. The second-order valence-corrected chi connectivity index (χ2v) is 5.88. The van der Waals surface area contributed by atoms with E-state index in [9.17, 15) is 0 Å². The highest BCUT2D eigenvalue weighted by Gasteiger charge is 2.33. The molecule has 1 aromatic rings. The summed E-state index contributed by atoms with van der Waals surface area (Å²) in [5.41, 5.74) is 6.03. The molecule has 2 aliphatic carbocycles. The van der Waals surface area contributed by atoms with Gasteiger partial charge in [-0.2, -0.15) is 0 Å². The summed E-state index contributed by atoms with van der Waals surface area (Å²) in [5, 5.41) is 0. The fourth-order valence-electron chi connectivity index (χ4n) is 3.32. The average Bonchev–Trinajstić information content (AvgIpc) is 2.83. The summed E-state index contributed by atoms with van der Waals surface area (Å²) in [6, 6.07) is 2.40. The molecule has 0 heterocycles. The molecule has 2 aliphatic rings. The fourth-order valence-corrected chi connectivity index (χ4v) is 4.16. The highest BCUT2D eigenvalue weighted by molar-refractivity contribution is 9.10. The molecule has 16 heavy (non-hydrogen) atoms. The van der Waals surface area contributed by atoms with Crippen molar-refractivity contribution in [2.75, 3.05) is 7.11 Å². The average molecular weight is 281 g/mol. The van der Waals surface area contributed by atoms with Gasteiger partial charge in [-0.05, 0) is 53.9 Å². The van der Waals surface area contributed by atoms with Gasteiger partial charge in [-0.25, -0.2) is 0 Å². The molecule has 3 rings (SSSR count). The second-order valence-electron chi connectivity index (χ2n) is 5.09. The maximum absolute atomic E-state index is 5.64. The molecule has 0 spiro atoms. The third-order valence-electron chi connectivity index (χ3n) is 4.07. The largest absolute Gasteiger partial charge is 0.376 e. The molecule has 0 saturated heterocycles. The van der Waals surface area contributed by atoms with Gasteiger partial charge in [0.1, 0.15) is 0 Å². The monoisotopic (exact) mass is 280 g/mol. The number of fused-ring (bicyclic) bond motifs is 2. The van der Waals surface area contributed by atoms with Crippen molar-refractivity contribution < 1.29 is 4.74 Å². The van der Waals surface area contributed by atoms with Crippen LogP contribution in [-0.4, -0.2) is 7.11 Å². The zero-order valence-corrected chi connectivity index (χ0v) is 11.4. The minimum atomic E-state index is 0.303. The number of aryl methyl sites for hydroxylation is 1. The quantitative estimate of drug-likeness (QED) is 0.760. The Morgan fingerprint density at radius 2 is 2.12 bits per heavy atom. The lowest BCUT2D eigenvalue weighted by atomic mass is 10.0. The van der Waals surface area contributed by atoms with E-state index in [4.69, 9.17) is 4.74 Å². The maximum atomic E-state index is 5.64. The lowest BCUT2D eigenvalue weighted by Crippen LogP contribution is -2.05. The van der Waals surface area contributed by atoms with Gasteiger partial charge in [0.25, 0.3) is 0 Å². The lowest BCUT2D eigenvalue weighted by molar-refractivity contribution is 0.0695. The number of halogens is 1. The summed E-state index contributed by atoms with van der Waals surface area (Å²) in [5.74, 6) is 0.610. The number of rotatable bonds is 1. The van der Waals surface area contributed by atoms with Gasteiger partial charge in [0.15, 0.2) is 0 Å². The number of hydrogen-bond donors (Lipinski definition) is 0. The van der Waals surface area contributed by atoms with Gasteiger partial charge >= 0.3 is 0 Å². The molecule has 86 valence electrons. The van der Waals surface area contributed by atoms with Crippen LogP contribution in [0.4, 0.5) is 0 Å². The molecule has 1 nitrogen and oxygen atoms in total. The van der Waals surface area contributed by atoms with Crippen molar-refractivity contribution in [2.45, 2.75) is 38.7 Å². The predicted molar refractivity (Wildman–Crippen MR) is 68.8 cm³/mol. The normalized spacial score (nSPS) is 26.9. The molecule has 0 N–H and O–H groups in total. The van der Waals surface area contributed by atoms with Crippen molar-refractivity contribution in [3.63, 3.8) is 0 Å². The van der Waals surface area contributed by atoms with Crippen molar-refractivity contribution in [1.29, 1.82) is 0 Å². The molecular formula is C14H17BrO. The first-order valence-corrected chi connectivity index (χ1v) is 6.87. The third-order valence-corrected chi connectivity index (χ3v) is 5.03. The third kappa shape index (κ3) is 1.39. The molecule has 0 aromatic heterocycles. The minimum absolute atomic E-state index is 0.303. The van der Waals surface area contributed by atoms with Crippen LogP contribution in [0, 0.1) is 5.92 Å². The zero-order valence-electron chi connectivity index (χ0n) is 9.85. The summed E-state index contributed by atoms with van der Waals surface area (Å²) >= 11 is 3.81. The Bertz CT molecular complexity index is 439. The van der Waals surface area contributed by atoms with Crippen LogP contribution in [0.1, 0.15) is 41.7 Å². The molecule has 0 fully saturated rings. The van der Waals surface area contributed by atoms with Crippen LogP contribution >= 0.6 is 15.9 Å². The Labute approximate surface area is 105 Å². The molecular weight excluding hydrogens is 264 g/mol. The van der Waals surface area contributed by atoms with Crippen LogP contribution in [-0.2, 0) is 24.0 Å². The molecule has 0 radical (unpaired) electrons. The fraction of sp³-hybridized carbons (Fsp3) is 0.571. The Hall–Kier alpha value is -0.340. The topological polar surface area (TPSA) is 9.23 Å². The van der Waals surface area contributed by atoms with Gasteiger partial charge < -0.3 is 4.74 Å². The Morgan fingerprint density at radius 3 is 2.88 bits per heavy atom. The number of methoxy groups -OCH3 is 1. The number of benzene rings is 1. The minimum Gasteiger partial charge on any atom is -0.376 e. The Morgan fingerprint density at radius 1 is 1.31 bits per heavy atom. The summed E-state index contributed by atoms with van der Waals surface area (Å²) in [6.45, 7) is 2.28. The molecule has 0 bridgehead atoms. The summed E-state index contributed by atoms with van der Waals surface area (Å²) in [7, 11) is 1.83. The van der Waals surface area contributed by atoms with Crippen LogP contribution in [0.15, 0.2) is 10.5 Å². The van der Waals surface area contributed by atoms with Crippen LogP contribution in [0.2, 0.25) is 0 Å². The van der Waals surface area contributed by atoms with Gasteiger partial charge in [-0.1, -0.05) is 28.9 Å². The first-order chi connectivity index (χ1) is 7.72. The molecule has 0 saturated carbocycles. The van der Waals surface area contributed by atoms with Gasteiger partial charge in [0, 0.05) is 11.6 Å². The van der Waals surface area contributed by atoms with E-state index in [1.54, 1.807) is 11.1 Å². The van der Waals surface area contributed by atoms with Gasteiger partial charge in [-0.3, -0.25) is 0 Å². The van der Waals surface area contributed by atoms with E-state index in [0.717, 1.165) is 6.42 Å². The van der Waals surface area contributed by atoms with E-state index in [-0.39, 0.29) is 0 Å². The van der Waals surface area contributed by atoms with Crippen molar-refractivity contribution >= 4 is 15.9 Å². The molecule has 0 aliphatic heterocycles. The predicted octanol–water partition coefficient (Wildman–Crippen LogP) is 3.82. The van der Waals surface area contributed by atoms with E-state index in [1.807, 2.05) is 7.11 Å². The van der Waals surface area contributed by atoms with Crippen molar-refractivity contribution in [1.82, 2.24) is 0 Å². The second kappa shape index (κ2) is 3.85. The van der Waals surface area contributed by atoms with Crippen LogP contribution in [0.25, 0.3) is 0 Å². The molecule has 1 aromatic carbocycles. The Kier molecular flexibility index (Phi) is 2.60. The van der Waals surface area contributed by atoms with Crippen LogP contribution in [0.3, 0.4) is 0 Å². The summed E-state index contributed by atoms with van der Waals surface area (Å²) < 4.78 is 7.02. The van der Waals surface area contributed by atoms with E-state index < -0.39 is 0 Å². The SMILES string of the molecule is CO[C@H]1c2cc3c(c(Br)c2CC1C)CCC3. The highest BCUT2D eigenvalue weighted by Crippen LogP contribution is 2.45. The van der Waals surface area contributed by atoms with Crippen molar-refractivity contribution in [3.05, 3.63) is 32.8 Å². The highest BCUT2D eigenvalue weighted by atomic mass is 79.9. The van der Waals surface area contributed by atoms with Gasteiger partial charge in [-0.15, -0.1) is 0 Å². The molecule has 1 unspecified atom stereocenters. The number of hydrogen-bond acceptors (Lipinski definition) is 1. The summed E-state index contributed by atoms with van der Waals surface area (Å²) in [6.07, 6.45) is 5.25. The smallest absolute Gasteiger partial charge is 0.0852 e. The molecule has 2 heteroatoms. The molecule has 0 amide bonds. The van der Waals surface area contributed by atoms with E-state index >= 15 is 0 Å². The van der Waals surface area contributed by atoms with Crippen LogP contribution < -0.4 is 0 Å². The zero-order chi connectivity index (χ0) is 11.3. The standard InChI is InChI=1S/C14H17BrO/c1-8-6-11-12(14(8)16-2)7-9-4-3-5-10(9)13(11)15/h7-8,14H,3-6H2,1-2H3/t8?,14-/m1/s1. The van der Waals surface area contributed by atoms with E-state index in [1.165, 1.54) is 34.9 Å². The molecule has 2 atom stereocenters.